The van der Waals surface area contributed by atoms with Crippen LogP contribution in [0.1, 0.15) is 19.8 Å². The number of hydrogen-bond acceptors (Lipinski definition) is 4. The molecule has 0 bridgehead atoms. The summed E-state index contributed by atoms with van der Waals surface area (Å²) in [5.41, 5.74) is 1.93. The molecular formula is C21H22N2OS3. The van der Waals surface area contributed by atoms with Crippen LogP contribution in [0.3, 0.4) is 0 Å². The summed E-state index contributed by atoms with van der Waals surface area (Å²) in [4.78, 5) is 19.5. The first-order chi connectivity index (χ1) is 13.1. The summed E-state index contributed by atoms with van der Waals surface area (Å²) in [7, 11) is 0. The van der Waals surface area contributed by atoms with Crippen LogP contribution in [-0.2, 0) is 4.79 Å². The molecule has 1 fully saturated rings. The predicted molar refractivity (Wildman–Crippen MR) is 119 cm³/mol. The molecule has 140 valence electrons. The summed E-state index contributed by atoms with van der Waals surface area (Å²) in [6.45, 7) is 4.31. The Balaban J connectivity index is 1.49. The lowest BCUT2D eigenvalue weighted by atomic mass is 10.00. The predicted octanol–water partition coefficient (Wildman–Crippen LogP) is 5.57. The van der Waals surface area contributed by atoms with Crippen LogP contribution in [0.4, 0.5) is 11.4 Å². The molecule has 0 saturated carbocycles. The minimum Gasteiger partial charge on any atom is -0.357 e. The Kier molecular flexibility index (Phi) is 5.76. The third-order valence-electron chi connectivity index (χ3n) is 5.04. The van der Waals surface area contributed by atoms with Crippen LogP contribution in [0.15, 0.2) is 58.3 Å². The fraction of sp³-hybridized carbons (Fsp3) is 0.333. The van der Waals surface area contributed by atoms with E-state index < -0.39 is 0 Å². The molecule has 1 saturated heterocycles. The van der Waals surface area contributed by atoms with Crippen molar-refractivity contribution in [1.29, 1.82) is 0 Å². The summed E-state index contributed by atoms with van der Waals surface area (Å²) in [6, 6.07) is 16.2. The van der Waals surface area contributed by atoms with E-state index in [2.05, 4.69) is 24.0 Å². The van der Waals surface area contributed by atoms with Crippen molar-refractivity contribution in [3.05, 3.63) is 48.5 Å². The van der Waals surface area contributed by atoms with Crippen LogP contribution in [0.2, 0.25) is 0 Å². The van der Waals surface area contributed by atoms with Crippen molar-refractivity contribution in [1.82, 2.24) is 4.90 Å². The highest BCUT2D eigenvalue weighted by Crippen LogP contribution is 2.48. The molecule has 0 spiro atoms. The van der Waals surface area contributed by atoms with Gasteiger partial charge in [-0.25, -0.2) is 0 Å². The lowest BCUT2D eigenvalue weighted by Gasteiger charge is -2.33. The van der Waals surface area contributed by atoms with Gasteiger partial charge in [-0.2, -0.15) is 0 Å². The third-order valence-corrected chi connectivity index (χ3v) is 7.68. The highest BCUT2D eigenvalue weighted by Gasteiger charge is 2.28. The van der Waals surface area contributed by atoms with Gasteiger partial charge in [0.15, 0.2) is 0 Å². The number of carbonyl (C=O) groups is 1. The number of hydrogen-bond donors (Lipinski definition) is 0. The van der Waals surface area contributed by atoms with Crippen molar-refractivity contribution in [2.24, 2.45) is 5.92 Å². The van der Waals surface area contributed by atoms with Crippen LogP contribution in [0.25, 0.3) is 0 Å². The average Bonchev–Trinajstić information content (AvgIpc) is 2.70. The molecule has 4 rings (SSSR count). The number of benzene rings is 2. The molecule has 2 aromatic carbocycles. The third kappa shape index (κ3) is 4.03. The Morgan fingerprint density at radius 1 is 1.07 bits per heavy atom. The number of carbonyl (C=O) groups excluding carboxylic acids is 1. The van der Waals surface area contributed by atoms with Gasteiger partial charge in [0, 0.05) is 22.9 Å². The van der Waals surface area contributed by atoms with E-state index in [1.165, 1.54) is 24.6 Å². The molecule has 0 unspecified atom stereocenters. The highest BCUT2D eigenvalue weighted by molar-refractivity contribution is 8.23. The van der Waals surface area contributed by atoms with Crippen molar-refractivity contribution in [3.8, 4) is 0 Å². The number of thiocarbonyl (C=S) groups is 1. The molecule has 2 aliphatic rings. The number of nitrogens with zero attached hydrogens (tertiary/aromatic N) is 2. The number of para-hydroxylation sites is 2. The number of likely N-dealkylation sites (tertiary alicyclic amines) is 1. The van der Waals surface area contributed by atoms with E-state index in [4.69, 9.17) is 12.2 Å². The first-order valence-electron chi connectivity index (χ1n) is 9.24. The Bertz CT molecular complexity index is 817. The maximum Gasteiger partial charge on any atom is 0.242 e. The first kappa shape index (κ1) is 18.8. The number of thioether (sulfide) groups is 1. The molecule has 2 aliphatic heterocycles. The first-order valence-corrected chi connectivity index (χ1v) is 11.4. The molecule has 0 aliphatic carbocycles. The molecule has 0 radical (unpaired) electrons. The molecule has 3 nitrogen and oxygen atoms in total. The zero-order chi connectivity index (χ0) is 18.8. The Morgan fingerprint density at radius 3 is 2.22 bits per heavy atom. The van der Waals surface area contributed by atoms with Crippen molar-refractivity contribution in [3.63, 3.8) is 0 Å². The average molecular weight is 415 g/mol. The standard InChI is InChI=1S/C21H22N2OS3/c1-15-10-12-22(13-11-15)21(25)26-14-20(24)23-16-6-2-4-8-18(16)27-19-9-5-3-7-17(19)23/h2-9,15H,10-14H2,1H3. The quantitative estimate of drug-likeness (QED) is 0.598. The molecule has 1 amide bonds. The fourth-order valence-electron chi connectivity index (χ4n) is 3.44. The van der Waals surface area contributed by atoms with Gasteiger partial charge in [0.2, 0.25) is 5.91 Å². The number of amides is 1. The number of anilines is 2. The number of piperidine rings is 1. The van der Waals surface area contributed by atoms with Gasteiger partial charge in [-0.15, -0.1) is 0 Å². The van der Waals surface area contributed by atoms with Gasteiger partial charge >= 0.3 is 0 Å². The molecule has 0 aromatic heterocycles. The maximum atomic E-state index is 13.2. The second-order valence-corrected chi connectivity index (χ2v) is 9.68. The van der Waals surface area contributed by atoms with E-state index >= 15 is 0 Å². The highest BCUT2D eigenvalue weighted by atomic mass is 32.2. The van der Waals surface area contributed by atoms with Crippen LogP contribution in [-0.4, -0.2) is 34.0 Å². The molecule has 6 heteroatoms. The largest absolute Gasteiger partial charge is 0.357 e. The van der Waals surface area contributed by atoms with E-state index in [-0.39, 0.29) is 5.91 Å². The number of fused-ring (bicyclic) bond motifs is 2. The summed E-state index contributed by atoms with van der Waals surface area (Å²) in [6.07, 6.45) is 2.36. The summed E-state index contributed by atoms with van der Waals surface area (Å²) >= 11 is 8.81. The van der Waals surface area contributed by atoms with Gasteiger partial charge in [0.1, 0.15) is 4.32 Å². The fourth-order valence-corrected chi connectivity index (χ4v) is 5.60. The Hall–Kier alpha value is -1.50. The van der Waals surface area contributed by atoms with Gasteiger partial charge < -0.3 is 4.90 Å². The normalized spacial score (nSPS) is 16.6. The van der Waals surface area contributed by atoms with Crippen molar-refractivity contribution in [2.45, 2.75) is 29.6 Å². The van der Waals surface area contributed by atoms with Gasteiger partial charge in [0.05, 0.1) is 17.1 Å². The second-order valence-electron chi connectivity index (χ2n) is 6.99. The lowest BCUT2D eigenvalue weighted by Crippen LogP contribution is -2.36. The van der Waals surface area contributed by atoms with Gasteiger partial charge in [-0.1, -0.05) is 66.9 Å². The van der Waals surface area contributed by atoms with Crippen molar-refractivity contribution in [2.75, 3.05) is 23.7 Å². The van der Waals surface area contributed by atoms with E-state index in [1.807, 2.05) is 41.3 Å². The van der Waals surface area contributed by atoms with Crippen LogP contribution >= 0.6 is 35.7 Å². The zero-order valence-corrected chi connectivity index (χ0v) is 17.7. The SMILES string of the molecule is CC1CCN(C(=S)SCC(=O)N2c3ccccc3Sc3ccccc32)CC1. The topological polar surface area (TPSA) is 23.6 Å². The van der Waals surface area contributed by atoms with Crippen molar-refractivity contribution >= 4 is 57.3 Å². The number of rotatable bonds is 2. The van der Waals surface area contributed by atoms with Crippen LogP contribution in [0, 0.1) is 5.92 Å². The molecule has 0 N–H and O–H groups in total. The van der Waals surface area contributed by atoms with E-state index in [0.717, 1.165) is 44.5 Å². The lowest BCUT2D eigenvalue weighted by molar-refractivity contribution is -0.115. The van der Waals surface area contributed by atoms with E-state index in [0.29, 0.717) is 5.75 Å². The van der Waals surface area contributed by atoms with E-state index in [1.54, 1.807) is 11.8 Å². The molecule has 2 aromatic rings. The smallest absolute Gasteiger partial charge is 0.242 e. The molecule has 27 heavy (non-hydrogen) atoms. The second kappa shape index (κ2) is 8.25. The van der Waals surface area contributed by atoms with Gasteiger partial charge in [0.25, 0.3) is 0 Å². The molecular weight excluding hydrogens is 392 g/mol. The minimum atomic E-state index is 0.0768. The summed E-state index contributed by atoms with van der Waals surface area (Å²) in [5, 5.41) is 0. The summed E-state index contributed by atoms with van der Waals surface area (Å²) in [5.74, 6) is 1.21. The van der Waals surface area contributed by atoms with Crippen molar-refractivity contribution < 1.29 is 4.79 Å². The van der Waals surface area contributed by atoms with Crippen LogP contribution in [0.5, 0.6) is 0 Å². The molecule has 0 atom stereocenters. The Morgan fingerprint density at radius 2 is 1.63 bits per heavy atom. The zero-order valence-electron chi connectivity index (χ0n) is 15.3. The minimum absolute atomic E-state index is 0.0768. The van der Waals surface area contributed by atoms with Gasteiger partial charge in [-0.3, -0.25) is 9.69 Å². The van der Waals surface area contributed by atoms with E-state index in [9.17, 15) is 4.79 Å². The maximum absolute atomic E-state index is 13.2. The van der Waals surface area contributed by atoms with Gasteiger partial charge in [-0.05, 0) is 43.0 Å². The summed E-state index contributed by atoms with van der Waals surface area (Å²) < 4.78 is 0.850. The monoisotopic (exact) mass is 414 g/mol. The Labute approximate surface area is 174 Å². The van der Waals surface area contributed by atoms with Crippen LogP contribution < -0.4 is 4.90 Å². The molecule has 2 heterocycles.